The zero-order valence-corrected chi connectivity index (χ0v) is 13.6. The molecule has 0 fully saturated rings. The number of hydrogen-bond acceptors (Lipinski definition) is 3. The highest BCUT2D eigenvalue weighted by molar-refractivity contribution is 7.17. The zero-order valence-electron chi connectivity index (χ0n) is 12.0. The Balaban J connectivity index is 1.95. The molecule has 2 aliphatic rings. The highest BCUT2D eigenvalue weighted by Gasteiger charge is 2.28. The summed E-state index contributed by atoms with van der Waals surface area (Å²) in [6.07, 6.45) is 4.57. The summed E-state index contributed by atoms with van der Waals surface area (Å²) in [6.45, 7) is 0.150. The molecule has 4 rings (SSSR count). The summed E-state index contributed by atoms with van der Waals surface area (Å²) < 4.78 is 0. The van der Waals surface area contributed by atoms with Crippen molar-refractivity contribution in [2.24, 2.45) is 4.99 Å². The van der Waals surface area contributed by atoms with Gasteiger partial charge >= 0.3 is 0 Å². The minimum absolute atomic E-state index is 0.0538. The van der Waals surface area contributed by atoms with E-state index < -0.39 is 0 Å². The van der Waals surface area contributed by atoms with E-state index in [9.17, 15) is 4.79 Å². The lowest BCUT2D eigenvalue weighted by Crippen LogP contribution is -2.12. The van der Waals surface area contributed by atoms with Crippen LogP contribution < -0.4 is 5.32 Å². The van der Waals surface area contributed by atoms with Gasteiger partial charge in [-0.2, -0.15) is 0 Å². The van der Waals surface area contributed by atoms with Crippen molar-refractivity contribution in [1.82, 2.24) is 0 Å². The number of carbonyl (C=O) groups excluding carboxylic acids is 1. The molecule has 1 aromatic heterocycles. The van der Waals surface area contributed by atoms with Crippen molar-refractivity contribution in [3.63, 3.8) is 0 Å². The number of rotatable bonds is 1. The summed E-state index contributed by atoms with van der Waals surface area (Å²) >= 11 is 8.08. The van der Waals surface area contributed by atoms with Crippen molar-refractivity contribution in [2.45, 2.75) is 25.7 Å². The Morgan fingerprint density at radius 1 is 1.18 bits per heavy atom. The number of benzene rings is 1. The van der Waals surface area contributed by atoms with Crippen LogP contribution in [0.25, 0.3) is 0 Å². The normalized spacial score (nSPS) is 17.1. The number of thiophene rings is 1. The molecule has 2 aromatic rings. The Labute approximate surface area is 138 Å². The molecule has 1 N–H and O–H groups in total. The summed E-state index contributed by atoms with van der Waals surface area (Å²) in [4.78, 5) is 17.9. The maximum absolute atomic E-state index is 12.0. The predicted octanol–water partition coefficient (Wildman–Crippen LogP) is 4.07. The van der Waals surface area contributed by atoms with E-state index in [1.807, 2.05) is 24.3 Å². The number of nitrogens with zero attached hydrogens (tertiary/aromatic N) is 1. The fourth-order valence-electron chi connectivity index (χ4n) is 3.17. The molecule has 0 bridgehead atoms. The first-order chi connectivity index (χ1) is 10.7. The van der Waals surface area contributed by atoms with Crippen molar-refractivity contribution >= 4 is 39.6 Å². The van der Waals surface area contributed by atoms with Crippen LogP contribution >= 0.6 is 22.9 Å². The molecule has 3 nitrogen and oxygen atoms in total. The summed E-state index contributed by atoms with van der Waals surface area (Å²) in [5, 5.41) is 4.64. The highest BCUT2D eigenvalue weighted by Crippen LogP contribution is 2.41. The number of aliphatic imine (C=N–C) groups is 1. The number of hydrogen-bond donors (Lipinski definition) is 1. The molecular weight excluding hydrogens is 316 g/mol. The van der Waals surface area contributed by atoms with Gasteiger partial charge in [0.1, 0.15) is 11.5 Å². The van der Waals surface area contributed by atoms with Crippen molar-refractivity contribution in [2.75, 3.05) is 11.9 Å². The first kappa shape index (κ1) is 14.0. The van der Waals surface area contributed by atoms with Gasteiger partial charge in [0, 0.05) is 21.0 Å². The summed E-state index contributed by atoms with van der Waals surface area (Å²) in [7, 11) is 0. The molecular formula is C17H15ClN2OS. The number of anilines is 1. The van der Waals surface area contributed by atoms with E-state index >= 15 is 0 Å². The standard InChI is InChI=1S/C17H15ClN2OS/c18-12-7-3-1-5-10(12)16-15-11-6-2-4-8-13(11)22-17(15)20-14(21)9-19-16/h1,3,5,7H,2,4,6,8-9H2,(H,20,21). The molecule has 0 spiro atoms. The van der Waals surface area contributed by atoms with Crippen LogP contribution in [0, 0.1) is 0 Å². The molecule has 22 heavy (non-hydrogen) atoms. The van der Waals surface area contributed by atoms with Gasteiger partial charge in [-0.1, -0.05) is 29.8 Å². The average molecular weight is 331 g/mol. The van der Waals surface area contributed by atoms with Crippen molar-refractivity contribution in [3.05, 3.63) is 50.9 Å². The van der Waals surface area contributed by atoms with Crippen LogP contribution in [-0.4, -0.2) is 18.2 Å². The maximum atomic E-state index is 12.0. The quantitative estimate of drug-likeness (QED) is 0.841. The van der Waals surface area contributed by atoms with Crippen molar-refractivity contribution < 1.29 is 4.79 Å². The molecule has 0 atom stereocenters. The third kappa shape index (κ3) is 2.27. The minimum Gasteiger partial charge on any atom is -0.316 e. The van der Waals surface area contributed by atoms with E-state index in [-0.39, 0.29) is 12.5 Å². The number of halogens is 1. The average Bonchev–Trinajstić information content (AvgIpc) is 2.79. The second-order valence-electron chi connectivity index (χ2n) is 5.61. The van der Waals surface area contributed by atoms with Crippen molar-refractivity contribution in [1.29, 1.82) is 0 Å². The molecule has 0 saturated carbocycles. The van der Waals surface area contributed by atoms with E-state index in [4.69, 9.17) is 11.6 Å². The largest absolute Gasteiger partial charge is 0.316 e. The number of aryl methyl sites for hydroxylation is 1. The highest BCUT2D eigenvalue weighted by atomic mass is 35.5. The summed E-state index contributed by atoms with van der Waals surface area (Å²) in [5.74, 6) is -0.0538. The van der Waals surface area contributed by atoms with E-state index in [1.54, 1.807) is 11.3 Å². The van der Waals surface area contributed by atoms with Crippen LogP contribution in [0.15, 0.2) is 29.3 Å². The van der Waals surface area contributed by atoms with Gasteiger partial charge in [0.25, 0.3) is 0 Å². The third-order valence-electron chi connectivity index (χ3n) is 4.17. The second kappa shape index (κ2) is 5.52. The van der Waals surface area contributed by atoms with E-state index in [2.05, 4.69) is 10.3 Å². The molecule has 0 radical (unpaired) electrons. The second-order valence-corrected chi connectivity index (χ2v) is 7.12. The molecule has 0 saturated heterocycles. The molecule has 1 aromatic carbocycles. The van der Waals surface area contributed by atoms with E-state index in [1.165, 1.54) is 23.3 Å². The van der Waals surface area contributed by atoms with Crippen LogP contribution in [0.1, 0.15) is 34.4 Å². The first-order valence-electron chi connectivity index (χ1n) is 7.48. The van der Waals surface area contributed by atoms with Gasteiger partial charge in [0.15, 0.2) is 0 Å². The van der Waals surface area contributed by atoms with Crippen LogP contribution in [-0.2, 0) is 17.6 Å². The van der Waals surface area contributed by atoms with Crippen LogP contribution in [0.3, 0.4) is 0 Å². The molecule has 2 heterocycles. The van der Waals surface area contributed by atoms with Gasteiger partial charge in [0.05, 0.1) is 5.71 Å². The lowest BCUT2D eigenvalue weighted by atomic mass is 9.91. The lowest BCUT2D eigenvalue weighted by molar-refractivity contribution is -0.114. The fraction of sp³-hybridized carbons (Fsp3) is 0.294. The Kier molecular flexibility index (Phi) is 3.51. The molecule has 5 heteroatoms. The summed E-state index contributed by atoms with van der Waals surface area (Å²) in [6, 6.07) is 7.73. The molecule has 112 valence electrons. The topological polar surface area (TPSA) is 41.5 Å². The number of amides is 1. The van der Waals surface area contributed by atoms with Gasteiger partial charge in [-0.3, -0.25) is 9.79 Å². The van der Waals surface area contributed by atoms with Crippen LogP contribution in [0.4, 0.5) is 5.00 Å². The van der Waals surface area contributed by atoms with E-state index in [0.29, 0.717) is 5.02 Å². The van der Waals surface area contributed by atoms with Gasteiger partial charge in [0.2, 0.25) is 5.91 Å². The monoisotopic (exact) mass is 330 g/mol. The van der Waals surface area contributed by atoms with Crippen LogP contribution in [0.5, 0.6) is 0 Å². The molecule has 0 unspecified atom stereocenters. The SMILES string of the molecule is O=C1CN=C(c2ccccc2Cl)c2c(sc3c2CCCC3)N1. The maximum Gasteiger partial charge on any atom is 0.246 e. The van der Waals surface area contributed by atoms with Crippen molar-refractivity contribution in [3.8, 4) is 0 Å². The number of fused-ring (bicyclic) bond motifs is 3. The Morgan fingerprint density at radius 2 is 2.00 bits per heavy atom. The molecule has 1 amide bonds. The first-order valence-corrected chi connectivity index (χ1v) is 8.67. The number of nitrogens with one attached hydrogen (secondary N) is 1. The minimum atomic E-state index is -0.0538. The third-order valence-corrected chi connectivity index (χ3v) is 5.71. The Hall–Kier alpha value is -1.65. The fourth-order valence-corrected chi connectivity index (χ4v) is 4.71. The Morgan fingerprint density at radius 3 is 2.86 bits per heavy atom. The van der Waals surface area contributed by atoms with Gasteiger partial charge in [-0.15, -0.1) is 11.3 Å². The predicted molar refractivity (Wildman–Crippen MR) is 91.5 cm³/mol. The van der Waals surface area contributed by atoms with Crippen LogP contribution in [0.2, 0.25) is 5.02 Å². The molecule has 1 aliphatic carbocycles. The van der Waals surface area contributed by atoms with Gasteiger partial charge in [-0.05, 0) is 37.3 Å². The lowest BCUT2D eigenvalue weighted by Gasteiger charge is -2.14. The molecule has 1 aliphatic heterocycles. The van der Waals surface area contributed by atoms with Gasteiger partial charge in [-0.25, -0.2) is 0 Å². The van der Waals surface area contributed by atoms with E-state index in [0.717, 1.165) is 34.7 Å². The Bertz CT molecular complexity index is 794. The zero-order chi connectivity index (χ0) is 15.1. The summed E-state index contributed by atoms with van der Waals surface area (Å²) in [5.41, 5.74) is 4.22. The van der Waals surface area contributed by atoms with Gasteiger partial charge < -0.3 is 5.32 Å². The number of carbonyl (C=O) groups is 1. The smallest absolute Gasteiger partial charge is 0.246 e.